The summed E-state index contributed by atoms with van der Waals surface area (Å²) in [7, 11) is -3.84. The molecule has 2 atom stereocenters. The number of halogens is 3. The molecule has 0 amide bonds. The zero-order valence-electron chi connectivity index (χ0n) is 17.4. The maximum absolute atomic E-state index is 13.3. The van der Waals surface area contributed by atoms with E-state index in [0.717, 1.165) is 32.1 Å². The van der Waals surface area contributed by atoms with E-state index in [-0.39, 0.29) is 34.3 Å². The Kier molecular flexibility index (Phi) is 5.47. The summed E-state index contributed by atoms with van der Waals surface area (Å²) in [6.07, 6.45) is 3.27. The highest BCUT2D eigenvalue weighted by atomic mass is 32.2. The van der Waals surface area contributed by atoms with Crippen molar-refractivity contribution in [3.63, 3.8) is 0 Å². The van der Waals surface area contributed by atoms with Crippen molar-refractivity contribution >= 4 is 10.0 Å². The van der Waals surface area contributed by atoms with E-state index in [1.54, 1.807) is 18.7 Å². The van der Waals surface area contributed by atoms with Crippen LogP contribution in [0.5, 0.6) is 0 Å². The molecule has 0 saturated heterocycles. The van der Waals surface area contributed by atoms with Gasteiger partial charge in [0, 0.05) is 17.6 Å². The van der Waals surface area contributed by atoms with Crippen LogP contribution in [0.4, 0.5) is 13.2 Å². The molecule has 2 fully saturated rings. The first-order valence-electron chi connectivity index (χ1n) is 10.6. The molecule has 13 heteroatoms. The van der Waals surface area contributed by atoms with Crippen molar-refractivity contribution in [2.24, 2.45) is 0 Å². The summed E-state index contributed by atoms with van der Waals surface area (Å²) in [5.74, 6) is -1.64. The molecule has 5 rings (SSSR count). The van der Waals surface area contributed by atoms with Crippen molar-refractivity contribution in [2.75, 3.05) is 0 Å². The van der Waals surface area contributed by atoms with Gasteiger partial charge < -0.3 is 9.09 Å². The fourth-order valence-electron chi connectivity index (χ4n) is 4.32. The van der Waals surface area contributed by atoms with Gasteiger partial charge >= 0.3 is 12.1 Å². The first-order chi connectivity index (χ1) is 15.7. The van der Waals surface area contributed by atoms with Crippen LogP contribution in [0.25, 0.3) is 11.4 Å². The van der Waals surface area contributed by atoms with Gasteiger partial charge in [0.2, 0.25) is 15.8 Å². The molecule has 1 N–H and O–H groups in total. The fraction of sp³-hybridized carbons (Fsp3) is 0.500. The second-order valence-corrected chi connectivity index (χ2v) is 10.2. The third-order valence-corrected chi connectivity index (χ3v) is 7.66. The predicted molar refractivity (Wildman–Crippen MR) is 108 cm³/mol. The Morgan fingerprint density at radius 2 is 1.85 bits per heavy atom. The molecular weight excluding hydrogens is 461 g/mol. The lowest BCUT2D eigenvalue weighted by atomic mass is 9.91. The van der Waals surface area contributed by atoms with Crippen molar-refractivity contribution in [2.45, 2.75) is 67.6 Å². The molecule has 33 heavy (non-hydrogen) atoms. The third-order valence-electron chi connectivity index (χ3n) is 6.07. The van der Waals surface area contributed by atoms with Crippen LogP contribution in [-0.2, 0) is 16.2 Å². The van der Waals surface area contributed by atoms with Crippen LogP contribution in [0.3, 0.4) is 0 Å². The molecule has 2 aliphatic carbocycles. The molecule has 9 nitrogen and oxygen atoms in total. The van der Waals surface area contributed by atoms with E-state index in [1.165, 1.54) is 12.1 Å². The second-order valence-electron chi connectivity index (χ2n) is 8.50. The molecular formula is C20H21F3N6O3S. The number of sulfonamides is 1. The Labute approximate surface area is 187 Å². The highest BCUT2D eigenvalue weighted by Gasteiger charge is 2.39. The molecule has 0 spiro atoms. The topological polar surface area (TPSA) is 116 Å². The minimum atomic E-state index is -4.75. The minimum Gasteiger partial charge on any atom is -0.329 e. The molecule has 2 heterocycles. The Morgan fingerprint density at radius 3 is 2.52 bits per heavy atom. The van der Waals surface area contributed by atoms with Crippen LogP contribution < -0.4 is 4.72 Å². The van der Waals surface area contributed by atoms with Gasteiger partial charge in [-0.15, -0.1) is 10.2 Å². The zero-order chi connectivity index (χ0) is 23.2. The average molecular weight is 482 g/mol. The van der Waals surface area contributed by atoms with Gasteiger partial charge in [-0.2, -0.15) is 18.2 Å². The van der Waals surface area contributed by atoms with Crippen LogP contribution in [-0.4, -0.2) is 39.4 Å². The van der Waals surface area contributed by atoms with E-state index in [0.29, 0.717) is 12.0 Å². The number of benzene rings is 1. The second kappa shape index (κ2) is 8.20. The summed E-state index contributed by atoms with van der Waals surface area (Å²) in [6, 6.07) is 4.25. The van der Waals surface area contributed by atoms with E-state index in [2.05, 4.69) is 29.6 Å². The van der Waals surface area contributed by atoms with Gasteiger partial charge in [0.1, 0.15) is 12.7 Å². The number of hydrogen-bond donors (Lipinski definition) is 1. The SMILES string of the molecule is O=S(=O)(NC1CCCC(n2cnnc2)C1)c1ccc(-c2noc(C(F)(F)F)n2)cc1C1CC1. The summed E-state index contributed by atoms with van der Waals surface area (Å²) in [4.78, 5) is 3.55. The molecule has 0 radical (unpaired) electrons. The average Bonchev–Trinajstić information content (AvgIpc) is 3.24. The number of nitrogens with one attached hydrogen (secondary N) is 1. The lowest BCUT2D eigenvalue weighted by molar-refractivity contribution is -0.159. The van der Waals surface area contributed by atoms with Crippen molar-refractivity contribution in [3.05, 3.63) is 42.3 Å². The molecule has 0 bridgehead atoms. The van der Waals surface area contributed by atoms with Crippen molar-refractivity contribution in [1.82, 2.24) is 29.6 Å². The van der Waals surface area contributed by atoms with Gasteiger partial charge in [0.15, 0.2) is 0 Å². The number of alkyl halides is 3. The number of rotatable bonds is 6. The number of hydrogen-bond acceptors (Lipinski definition) is 7. The first-order valence-corrected chi connectivity index (χ1v) is 12.1. The lowest BCUT2D eigenvalue weighted by Crippen LogP contribution is -2.39. The largest absolute Gasteiger partial charge is 0.471 e. The smallest absolute Gasteiger partial charge is 0.329 e. The van der Waals surface area contributed by atoms with E-state index in [9.17, 15) is 21.6 Å². The van der Waals surface area contributed by atoms with Crippen molar-refractivity contribution in [1.29, 1.82) is 0 Å². The zero-order valence-corrected chi connectivity index (χ0v) is 18.2. The molecule has 2 aromatic heterocycles. The van der Waals surface area contributed by atoms with Gasteiger partial charge in [-0.25, -0.2) is 13.1 Å². The van der Waals surface area contributed by atoms with Crippen LogP contribution in [0, 0.1) is 0 Å². The monoisotopic (exact) mass is 482 g/mol. The fourth-order valence-corrected chi connectivity index (χ4v) is 5.89. The summed E-state index contributed by atoms with van der Waals surface area (Å²) in [6.45, 7) is 0. The number of aromatic nitrogens is 5. The summed E-state index contributed by atoms with van der Waals surface area (Å²) < 4.78 is 74.0. The Balaban J connectivity index is 1.39. The van der Waals surface area contributed by atoms with Crippen LogP contribution in [0.15, 0.2) is 40.3 Å². The van der Waals surface area contributed by atoms with Gasteiger partial charge in [-0.1, -0.05) is 5.16 Å². The highest BCUT2D eigenvalue weighted by molar-refractivity contribution is 7.89. The molecule has 2 unspecified atom stereocenters. The molecule has 0 aliphatic heterocycles. The summed E-state index contributed by atoms with van der Waals surface area (Å²) in [5.41, 5.74) is 0.838. The van der Waals surface area contributed by atoms with E-state index >= 15 is 0 Å². The van der Waals surface area contributed by atoms with Crippen LogP contribution in [0.2, 0.25) is 0 Å². The van der Waals surface area contributed by atoms with E-state index in [1.807, 2.05) is 4.57 Å². The Morgan fingerprint density at radius 1 is 1.09 bits per heavy atom. The maximum atomic E-state index is 13.3. The van der Waals surface area contributed by atoms with E-state index < -0.39 is 22.1 Å². The third kappa shape index (κ3) is 4.64. The van der Waals surface area contributed by atoms with E-state index in [4.69, 9.17) is 0 Å². The van der Waals surface area contributed by atoms with Gasteiger partial charge in [-0.05, 0) is 68.2 Å². The van der Waals surface area contributed by atoms with Crippen molar-refractivity contribution in [3.8, 4) is 11.4 Å². The lowest BCUT2D eigenvalue weighted by Gasteiger charge is -2.30. The van der Waals surface area contributed by atoms with Gasteiger partial charge in [0.25, 0.3) is 0 Å². The van der Waals surface area contributed by atoms with Gasteiger partial charge in [-0.3, -0.25) is 0 Å². The van der Waals surface area contributed by atoms with Gasteiger partial charge in [0.05, 0.1) is 4.90 Å². The Hall–Kier alpha value is -2.80. The minimum absolute atomic E-state index is 0.0293. The Bertz CT molecular complexity index is 1240. The highest BCUT2D eigenvalue weighted by Crippen LogP contribution is 2.44. The first kappa shape index (κ1) is 22.0. The molecule has 1 aromatic carbocycles. The van der Waals surface area contributed by atoms with Crippen LogP contribution >= 0.6 is 0 Å². The maximum Gasteiger partial charge on any atom is 0.471 e. The van der Waals surface area contributed by atoms with Crippen LogP contribution in [0.1, 0.15) is 61.9 Å². The molecule has 2 saturated carbocycles. The predicted octanol–water partition coefficient (Wildman–Crippen LogP) is 3.69. The standard InChI is InChI=1S/C20H21F3N6O3S/c21-20(22,23)19-26-18(27-32-19)13-6-7-17(16(8-13)12-4-5-12)33(30,31)28-14-2-1-3-15(9-14)29-10-24-25-11-29/h6-8,10-12,14-15,28H,1-5,9H2. The quantitative estimate of drug-likeness (QED) is 0.570. The molecule has 3 aromatic rings. The molecule has 176 valence electrons. The van der Waals surface area contributed by atoms with Crippen molar-refractivity contribution < 1.29 is 26.1 Å². The normalized spacial score (nSPS) is 21.9. The number of nitrogens with zero attached hydrogens (tertiary/aromatic N) is 5. The molecule has 2 aliphatic rings. The summed E-state index contributed by atoms with van der Waals surface area (Å²) in [5, 5.41) is 11.1. The summed E-state index contributed by atoms with van der Waals surface area (Å²) >= 11 is 0.